The lowest BCUT2D eigenvalue weighted by atomic mass is 10.1. The lowest BCUT2D eigenvalue weighted by Crippen LogP contribution is -1.97. The van der Waals surface area contributed by atoms with Crippen LogP contribution in [0.4, 0.5) is 0 Å². The molecule has 0 fully saturated rings. The number of carbonyl (C=O) groups is 1. The molecule has 1 heterocycles. The molecule has 0 spiro atoms. The molecule has 0 aliphatic heterocycles. The minimum atomic E-state index is -1.05. The Bertz CT molecular complexity index is 584. The van der Waals surface area contributed by atoms with Crippen molar-refractivity contribution in [3.05, 3.63) is 47.1 Å². The number of phenols is 1. The zero-order valence-corrected chi connectivity index (χ0v) is 9.35. The van der Waals surface area contributed by atoms with E-state index in [1.165, 1.54) is 30.5 Å². The summed E-state index contributed by atoms with van der Waals surface area (Å²) < 4.78 is 0. The summed E-state index contributed by atoms with van der Waals surface area (Å²) in [5.74, 6) is -1.04. The van der Waals surface area contributed by atoms with Gasteiger partial charge in [0.1, 0.15) is 5.75 Å². The molecular weight excluding hydrogens is 242 g/mol. The summed E-state index contributed by atoms with van der Waals surface area (Å²) in [6.07, 6.45) is 1.37. The predicted molar refractivity (Wildman–Crippen MR) is 63.3 cm³/mol. The second-order valence-electron chi connectivity index (χ2n) is 3.40. The second kappa shape index (κ2) is 4.43. The Labute approximate surface area is 102 Å². The number of nitrogens with zero attached hydrogens (tertiary/aromatic N) is 1. The number of phenolic OH excluding ortho intramolecular Hbond substituents is 1. The molecule has 17 heavy (non-hydrogen) atoms. The van der Waals surface area contributed by atoms with Crippen molar-refractivity contribution in [3.8, 4) is 17.0 Å². The summed E-state index contributed by atoms with van der Waals surface area (Å²) in [6, 6.07) is 7.28. The van der Waals surface area contributed by atoms with Gasteiger partial charge in [-0.3, -0.25) is 4.98 Å². The van der Waals surface area contributed by atoms with Crippen LogP contribution in [0.1, 0.15) is 10.4 Å². The Hall–Kier alpha value is -2.07. The number of hydrogen-bond donors (Lipinski definition) is 2. The smallest absolute Gasteiger partial charge is 0.335 e. The number of halogens is 1. The predicted octanol–water partition coefficient (Wildman–Crippen LogP) is 2.81. The summed E-state index contributed by atoms with van der Waals surface area (Å²) >= 11 is 5.81. The molecular formula is C12H8ClNO3. The molecule has 0 amide bonds. The maximum absolute atomic E-state index is 10.8. The van der Waals surface area contributed by atoms with Crippen molar-refractivity contribution in [1.82, 2.24) is 4.98 Å². The van der Waals surface area contributed by atoms with Crippen molar-refractivity contribution < 1.29 is 15.0 Å². The van der Waals surface area contributed by atoms with E-state index in [2.05, 4.69) is 4.98 Å². The molecule has 2 rings (SSSR count). The highest BCUT2D eigenvalue weighted by Crippen LogP contribution is 2.30. The molecule has 0 bridgehead atoms. The molecule has 0 aliphatic rings. The van der Waals surface area contributed by atoms with E-state index in [9.17, 15) is 9.90 Å². The Morgan fingerprint density at radius 2 is 2.00 bits per heavy atom. The maximum atomic E-state index is 10.8. The highest BCUT2D eigenvalue weighted by atomic mass is 35.5. The van der Waals surface area contributed by atoms with Gasteiger partial charge in [-0.25, -0.2) is 4.79 Å². The van der Waals surface area contributed by atoms with Gasteiger partial charge in [-0.15, -0.1) is 0 Å². The molecule has 0 radical (unpaired) electrons. The van der Waals surface area contributed by atoms with Crippen molar-refractivity contribution >= 4 is 17.6 Å². The molecule has 0 saturated heterocycles. The van der Waals surface area contributed by atoms with Gasteiger partial charge in [0.05, 0.1) is 11.3 Å². The molecule has 1 aromatic heterocycles. The minimum Gasteiger partial charge on any atom is -0.507 e. The number of rotatable bonds is 2. The zero-order valence-electron chi connectivity index (χ0n) is 8.59. The largest absolute Gasteiger partial charge is 0.507 e. The van der Waals surface area contributed by atoms with E-state index in [1.807, 2.05) is 0 Å². The highest BCUT2D eigenvalue weighted by Gasteiger charge is 2.09. The fourth-order valence-corrected chi connectivity index (χ4v) is 1.60. The van der Waals surface area contributed by atoms with Crippen LogP contribution >= 0.6 is 11.6 Å². The van der Waals surface area contributed by atoms with Gasteiger partial charge in [-0.2, -0.15) is 0 Å². The first kappa shape index (κ1) is 11.4. The fourth-order valence-electron chi connectivity index (χ4n) is 1.42. The van der Waals surface area contributed by atoms with Crippen LogP contribution in [0.3, 0.4) is 0 Å². The molecule has 0 atom stereocenters. The number of carboxylic acids is 1. The topological polar surface area (TPSA) is 70.4 Å². The Balaban J connectivity index is 2.56. The van der Waals surface area contributed by atoms with Crippen LogP contribution in [0.25, 0.3) is 11.3 Å². The number of aromatic hydroxyl groups is 1. The van der Waals surface area contributed by atoms with Crippen LogP contribution in [-0.2, 0) is 0 Å². The standard InChI is InChI=1S/C12H8ClNO3/c13-8-1-2-11(15)9(6-8)10-5-7(12(16)17)3-4-14-10/h1-6,15H,(H,16,17). The normalized spacial score (nSPS) is 10.2. The van der Waals surface area contributed by atoms with E-state index in [1.54, 1.807) is 6.07 Å². The van der Waals surface area contributed by atoms with Crippen LogP contribution in [0.2, 0.25) is 5.02 Å². The quantitative estimate of drug-likeness (QED) is 0.859. The van der Waals surface area contributed by atoms with Gasteiger partial charge in [0.15, 0.2) is 0 Å². The molecule has 86 valence electrons. The van der Waals surface area contributed by atoms with E-state index in [-0.39, 0.29) is 11.3 Å². The summed E-state index contributed by atoms with van der Waals surface area (Å²) in [5.41, 5.74) is 0.875. The number of pyridine rings is 1. The molecule has 0 unspecified atom stereocenters. The number of hydrogen-bond acceptors (Lipinski definition) is 3. The van der Waals surface area contributed by atoms with E-state index >= 15 is 0 Å². The van der Waals surface area contributed by atoms with E-state index in [4.69, 9.17) is 16.7 Å². The first-order chi connectivity index (χ1) is 8.08. The van der Waals surface area contributed by atoms with Crippen molar-refractivity contribution in [2.75, 3.05) is 0 Å². The zero-order chi connectivity index (χ0) is 12.4. The first-order valence-corrected chi connectivity index (χ1v) is 5.14. The molecule has 5 heteroatoms. The molecule has 0 saturated carbocycles. The van der Waals surface area contributed by atoms with Crippen LogP contribution < -0.4 is 0 Å². The number of benzene rings is 1. The molecule has 1 aromatic carbocycles. The molecule has 4 nitrogen and oxygen atoms in total. The molecule has 2 aromatic rings. The van der Waals surface area contributed by atoms with Crippen LogP contribution in [-0.4, -0.2) is 21.2 Å². The number of carboxylic acid groups (broad SMARTS) is 1. The van der Waals surface area contributed by atoms with Crippen molar-refractivity contribution in [2.24, 2.45) is 0 Å². The van der Waals surface area contributed by atoms with Gasteiger partial charge in [-0.1, -0.05) is 11.6 Å². The molecule has 2 N–H and O–H groups in total. The first-order valence-electron chi connectivity index (χ1n) is 4.76. The molecule has 0 aliphatic carbocycles. The highest BCUT2D eigenvalue weighted by molar-refractivity contribution is 6.30. The third kappa shape index (κ3) is 2.37. The Kier molecular flexibility index (Phi) is 2.97. The van der Waals surface area contributed by atoms with Crippen molar-refractivity contribution in [2.45, 2.75) is 0 Å². The van der Waals surface area contributed by atoms with E-state index in [0.717, 1.165) is 0 Å². The minimum absolute atomic E-state index is 0.00411. The third-order valence-electron chi connectivity index (χ3n) is 2.24. The van der Waals surface area contributed by atoms with E-state index in [0.29, 0.717) is 16.3 Å². The van der Waals surface area contributed by atoms with Gasteiger partial charge in [-0.05, 0) is 30.3 Å². The number of aromatic carboxylic acids is 1. The Morgan fingerprint density at radius 1 is 1.24 bits per heavy atom. The van der Waals surface area contributed by atoms with Crippen LogP contribution in [0, 0.1) is 0 Å². The maximum Gasteiger partial charge on any atom is 0.335 e. The van der Waals surface area contributed by atoms with E-state index < -0.39 is 5.97 Å². The SMILES string of the molecule is O=C(O)c1ccnc(-c2cc(Cl)ccc2O)c1. The fraction of sp³-hybridized carbons (Fsp3) is 0. The second-order valence-corrected chi connectivity index (χ2v) is 3.83. The third-order valence-corrected chi connectivity index (χ3v) is 2.48. The van der Waals surface area contributed by atoms with Crippen LogP contribution in [0.15, 0.2) is 36.5 Å². The van der Waals surface area contributed by atoms with Crippen molar-refractivity contribution in [3.63, 3.8) is 0 Å². The monoisotopic (exact) mass is 249 g/mol. The van der Waals surface area contributed by atoms with Gasteiger partial charge in [0, 0.05) is 16.8 Å². The average molecular weight is 250 g/mol. The average Bonchev–Trinajstić information content (AvgIpc) is 2.32. The van der Waals surface area contributed by atoms with Gasteiger partial charge in [0.25, 0.3) is 0 Å². The number of aromatic nitrogens is 1. The van der Waals surface area contributed by atoms with Crippen LogP contribution in [0.5, 0.6) is 5.75 Å². The van der Waals surface area contributed by atoms with Gasteiger partial charge < -0.3 is 10.2 Å². The Morgan fingerprint density at radius 3 is 2.71 bits per heavy atom. The van der Waals surface area contributed by atoms with Gasteiger partial charge >= 0.3 is 5.97 Å². The van der Waals surface area contributed by atoms with Gasteiger partial charge in [0.2, 0.25) is 0 Å². The summed E-state index contributed by atoms with van der Waals surface area (Å²) in [4.78, 5) is 14.8. The lowest BCUT2D eigenvalue weighted by Gasteiger charge is -2.05. The summed E-state index contributed by atoms with van der Waals surface area (Å²) in [6.45, 7) is 0. The summed E-state index contributed by atoms with van der Waals surface area (Å²) in [5, 5.41) is 19.0. The van der Waals surface area contributed by atoms with Crippen molar-refractivity contribution in [1.29, 1.82) is 0 Å². The lowest BCUT2D eigenvalue weighted by molar-refractivity contribution is 0.0697. The summed E-state index contributed by atoms with van der Waals surface area (Å²) in [7, 11) is 0.